The number of ether oxygens (including phenoxy) is 1. The number of methoxy groups -OCH3 is 1. The highest BCUT2D eigenvalue weighted by Crippen LogP contribution is 2.30. The highest BCUT2D eigenvalue weighted by atomic mass is 35.5. The van der Waals surface area contributed by atoms with Crippen LogP contribution in [0, 0.1) is 6.92 Å². The monoisotopic (exact) mass is 455 g/mol. The van der Waals surface area contributed by atoms with E-state index in [1.807, 2.05) is 61.7 Å². The van der Waals surface area contributed by atoms with Gasteiger partial charge in [0.2, 0.25) is 0 Å². The van der Waals surface area contributed by atoms with Crippen molar-refractivity contribution < 1.29 is 4.74 Å². The lowest BCUT2D eigenvalue weighted by Gasteiger charge is -2.11. The molecule has 0 aliphatic carbocycles. The SMILES string of the molecule is COc1ccc2c(c1)c(/C=C/c1nc3ccccc3c(=O)n1-c1ccc(Cl)cc1)c(C)n2C. The molecule has 5 nitrogen and oxygen atoms in total. The van der Waals surface area contributed by atoms with Gasteiger partial charge in [-0.05, 0) is 73.7 Å². The number of halogens is 1. The molecule has 0 aliphatic rings. The van der Waals surface area contributed by atoms with E-state index in [0.29, 0.717) is 27.4 Å². The molecule has 5 aromatic rings. The summed E-state index contributed by atoms with van der Waals surface area (Å²) >= 11 is 6.09. The van der Waals surface area contributed by atoms with Crippen molar-refractivity contribution in [1.29, 1.82) is 0 Å². The van der Waals surface area contributed by atoms with Gasteiger partial charge in [0.1, 0.15) is 11.6 Å². The molecule has 0 spiro atoms. The number of aromatic nitrogens is 3. The van der Waals surface area contributed by atoms with Crippen LogP contribution in [0.15, 0.2) is 71.5 Å². The van der Waals surface area contributed by atoms with Gasteiger partial charge in [0.25, 0.3) is 5.56 Å². The molecule has 0 unspecified atom stereocenters. The molecule has 0 atom stereocenters. The summed E-state index contributed by atoms with van der Waals surface area (Å²) in [7, 11) is 3.70. The van der Waals surface area contributed by atoms with Crippen molar-refractivity contribution in [2.45, 2.75) is 6.92 Å². The maximum atomic E-state index is 13.4. The first-order valence-corrected chi connectivity index (χ1v) is 10.9. The summed E-state index contributed by atoms with van der Waals surface area (Å²) < 4.78 is 9.21. The molecule has 0 saturated heterocycles. The van der Waals surface area contributed by atoms with Crippen molar-refractivity contribution >= 4 is 45.6 Å². The summed E-state index contributed by atoms with van der Waals surface area (Å²) in [5.74, 6) is 1.34. The van der Waals surface area contributed by atoms with Crippen LogP contribution >= 0.6 is 11.6 Å². The highest BCUT2D eigenvalue weighted by Gasteiger charge is 2.13. The largest absolute Gasteiger partial charge is 0.497 e. The van der Waals surface area contributed by atoms with Crippen LogP contribution in [0.25, 0.3) is 39.6 Å². The first kappa shape index (κ1) is 21.0. The maximum absolute atomic E-state index is 13.4. The van der Waals surface area contributed by atoms with Gasteiger partial charge in [-0.1, -0.05) is 23.7 Å². The molecule has 6 heteroatoms. The Balaban J connectivity index is 1.74. The predicted octanol–water partition coefficient (Wildman–Crippen LogP) is 6.02. The molecule has 2 heterocycles. The van der Waals surface area contributed by atoms with Gasteiger partial charge in [0.15, 0.2) is 0 Å². The van der Waals surface area contributed by atoms with Crippen molar-refractivity contribution in [3.63, 3.8) is 0 Å². The second-order valence-electron chi connectivity index (χ2n) is 7.88. The van der Waals surface area contributed by atoms with Gasteiger partial charge in [0.05, 0.1) is 23.7 Å². The Hall–Kier alpha value is -3.83. The summed E-state index contributed by atoms with van der Waals surface area (Å²) in [6, 6.07) is 20.6. The zero-order valence-corrected chi connectivity index (χ0v) is 19.3. The average Bonchev–Trinajstić information content (AvgIpc) is 3.07. The number of rotatable bonds is 4. The van der Waals surface area contributed by atoms with Gasteiger partial charge < -0.3 is 9.30 Å². The lowest BCUT2D eigenvalue weighted by molar-refractivity contribution is 0.415. The fourth-order valence-corrected chi connectivity index (χ4v) is 4.30. The van der Waals surface area contributed by atoms with E-state index in [2.05, 4.69) is 17.6 Å². The number of hydrogen-bond donors (Lipinski definition) is 0. The van der Waals surface area contributed by atoms with Crippen LogP contribution in [0.5, 0.6) is 5.75 Å². The highest BCUT2D eigenvalue weighted by molar-refractivity contribution is 6.30. The van der Waals surface area contributed by atoms with E-state index >= 15 is 0 Å². The van der Waals surface area contributed by atoms with E-state index in [1.54, 1.807) is 29.9 Å². The second-order valence-corrected chi connectivity index (χ2v) is 8.32. The summed E-state index contributed by atoms with van der Waals surface area (Å²) in [5, 5.41) is 2.25. The molecule has 164 valence electrons. The smallest absolute Gasteiger partial charge is 0.266 e. The second kappa shape index (κ2) is 8.26. The molecule has 0 aliphatic heterocycles. The van der Waals surface area contributed by atoms with Crippen molar-refractivity contribution in [3.05, 3.63) is 99.2 Å². The van der Waals surface area contributed by atoms with E-state index in [4.69, 9.17) is 21.3 Å². The number of hydrogen-bond acceptors (Lipinski definition) is 3. The first-order valence-electron chi connectivity index (χ1n) is 10.6. The molecule has 0 saturated carbocycles. The molecule has 0 N–H and O–H groups in total. The van der Waals surface area contributed by atoms with E-state index in [0.717, 1.165) is 27.9 Å². The Kier molecular flexibility index (Phi) is 5.27. The molecule has 0 amide bonds. The van der Waals surface area contributed by atoms with Crippen LogP contribution in [-0.2, 0) is 7.05 Å². The fourth-order valence-electron chi connectivity index (χ4n) is 4.18. The van der Waals surface area contributed by atoms with Crippen LogP contribution in [0.1, 0.15) is 17.1 Å². The minimum atomic E-state index is -0.126. The molecule has 0 bridgehead atoms. The maximum Gasteiger partial charge on any atom is 0.266 e. The predicted molar refractivity (Wildman–Crippen MR) is 135 cm³/mol. The Labute approximate surface area is 196 Å². The number of aryl methyl sites for hydroxylation is 1. The van der Waals surface area contributed by atoms with Crippen LogP contribution in [0.4, 0.5) is 0 Å². The molecule has 33 heavy (non-hydrogen) atoms. The van der Waals surface area contributed by atoms with Gasteiger partial charge >= 0.3 is 0 Å². The Morgan fingerprint density at radius 1 is 0.970 bits per heavy atom. The molecule has 0 radical (unpaired) electrons. The van der Waals surface area contributed by atoms with Crippen molar-refractivity contribution in [2.24, 2.45) is 7.05 Å². The van der Waals surface area contributed by atoms with Crippen LogP contribution in [0.3, 0.4) is 0 Å². The standard InChI is InChI=1S/C27H22ClN3O2/c1-17-21(23-16-20(33-3)12-14-25(23)30(17)2)13-15-26-29-24-7-5-4-6-22(24)27(32)31(26)19-10-8-18(28)9-11-19/h4-16H,1-3H3/b15-13+. The summed E-state index contributed by atoms with van der Waals surface area (Å²) in [6.07, 6.45) is 3.91. The minimum absolute atomic E-state index is 0.126. The summed E-state index contributed by atoms with van der Waals surface area (Å²) in [6.45, 7) is 2.08. The third kappa shape index (κ3) is 3.60. The van der Waals surface area contributed by atoms with Gasteiger partial charge in [-0.3, -0.25) is 9.36 Å². The van der Waals surface area contributed by atoms with Crippen molar-refractivity contribution in [3.8, 4) is 11.4 Å². The quantitative estimate of drug-likeness (QED) is 0.333. The van der Waals surface area contributed by atoms with Crippen LogP contribution in [-0.4, -0.2) is 21.2 Å². The average molecular weight is 456 g/mol. The van der Waals surface area contributed by atoms with Crippen molar-refractivity contribution in [2.75, 3.05) is 7.11 Å². The van der Waals surface area contributed by atoms with Gasteiger partial charge in [-0.25, -0.2) is 4.98 Å². The van der Waals surface area contributed by atoms with Gasteiger partial charge in [0, 0.05) is 34.2 Å². The lowest BCUT2D eigenvalue weighted by atomic mass is 10.1. The van der Waals surface area contributed by atoms with Crippen LogP contribution in [0.2, 0.25) is 5.02 Å². The number of para-hydroxylation sites is 1. The first-order chi connectivity index (χ1) is 16.0. The third-order valence-electron chi connectivity index (χ3n) is 6.03. The van der Waals surface area contributed by atoms with E-state index in [9.17, 15) is 4.79 Å². The zero-order valence-electron chi connectivity index (χ0n) is 18.5. The number of nitrogens with zero attached hydrogens (tertiary/aromatic N) is 3. The Morgan fingerprint density at radius 2 is 1.73 bits per heavy atom. The molecular weight excluding hydrogens is 434 g/mol. The lowest BCUT2D eigenvalue weighted by Crippen LogP contribution is -2.22. The normalized spacial score (nSPS) is 11.6. The fraction of sp³-hybridized carbons (Fsp3) is 0.111. The van der Waals surface area contributed by atoms with E-state index in [1.165, 1.54) is 0 Å². The zero-order chi connectivity index (χ0) is 23.1. The molecule has 0 fully saturated rings. The van der Waals surface area contributed by atoms with Crippen LogP contribution < -0.4 is 10.3 Å². The summed E-state index contributed by atoms with van der Waals surface area (Å²) in [5.41, 5.74) is 4.50. The summed E-state index contributed by atoms with van der Waals surface area (Å²) in [4.78, 5) is 18.3. The van der Waals surface area contributed by atoms with Gasteiger partial charge in [-0.2, -0.15) is 0 Å². The topological polar surface area (TPSA) is 49.0 Å². The minimum Gasteiger partial charge on any atom is -0.497 e. The van der Waals surface area contributed by atoms with Crippen molar-refractivity contribution in [1.82, 2.24) is 14.1 Å². The van der Waals surface area contributed by atoms with E-state index < -0.39 is 0 Å². The number of fused-ring (bicyclic) bond motifs is 2. The third-order valence-corrected chi connectivity index (χ3v) is 6.29. The Morgan fingerprint density at radius 3 is 2.48 bits per heavy atom. The number of benzene rings is 3. The molecular formula is C27H22ClN3O2. The molecule has 3 aromatic carbocycles. The molecule has 5 rings (SSSR count). The molecule has 2 aromatic heterocycles. The van der Waals surface area contributed by atoms with E-state index in [-0.39, 0.29) is 5.56 Å². The van der Waals surface area contributed by atoms with Gasteiger partial charge in [-0.15, -0.1) is 0 Å². The Bertz CT molecular complexity index is 1590.